The molecule has 178 valence electrons. The van der Waals surface area contributed by atoms with Crippen LogP contribution < -0.4 is 5.43 Å². The molecule has 3 aromatic rings. The van der Waals surface area contributed by atoms with Gasteiger partial charge in [-0.15, -0.1) is 0 Å². The number of hydrogen-bond acceptors (Lipinski definition) is 4. The Labute approximate surface area is 207 Å². The fourth-order valence-corrected chi connectivity index (χ4v) is 3.87. The van der Waals surface area contributed by atoms with Gasteiger partial charge in [-0.25, -0.2) is 5.43 Å². The summed E-state index contributed by atoms with van der Waals surface area (Å²) < 4.78 is 41.7. The van der Waals surface area contributed by atoms with Crippen LogP contribution in [0.2, 0.25) is 0 Å². The number of amides is 1. The number of hydrogen-bond donors (Lipinski definition) is 1. The van der Waals surface area contributed by atoms with E-state index in [1.807, 2.05) is 39.0 Å². The second-order valence-corrected chi connectivity index (χ2v) is 8.83. The first-order valence-corrected chi connectivity index (χ1v) is 11.1. The SMILES string of the molecule is Cc1cc(-n2c(C)cc(/C=N\NC(=O)Cc3ccc(C(F)(F)F)cc3[N+](=O)[O-])c2C)ccc1I. The highest BCUT2D eigenvalue weighted by atomic mass is 127. The van der Waals surface area contributed by atoms with Crippen molar-refractivity contribution in [2.75, 3.05) is 0 Å². The van der Waals surface area contributed by atoms with Gasteiger partial charge in [0.05, 0.1) is 23.1 Å². The van der Waals surface area contributed by atoms with Crippen LogP contribution in [0.5, 0.6) is 0 Å². The summed E-state index contributed by atoms with van der Waals surface area (Å²) in [6.07, 6.45) is -3.76. The lowest BCUT2D eigenvalue weighted by atomic mass is 10.1. The standard InChI is InChI=1S/C23H20F3IN4O3/c1-13-8-19(6-7-20(13)27)30-14(2)9-17(15(30)3)12-28-29-22(32)10-16-4-5-18(23(24,25)26)11-21(16)31(33)34/h4-9,11-12H,10H2,1-3H3,(H,29,32)/b28-12-. The molecule has 0 unspecified atom stereocenters. The van der Waals surface area contributed by atoms with Crippen molar-refractivity contribution in [3.8, 4) is 5.69 Å². The predicted molar refractivity (Wildman–Crippen MR) is 130 cm³/mol. The molecule has 2 aromatic carbocycles. The topological polar surface area (TPSA) is 89.5 Å². The number of hydrazone groups is 1. The molecule has 1 amide bonds. The summed E-state index contributed by atoms with van der Waals surface area (Å²) in [4.78, 5) is 22.5. The van der Waals surface area contributed by atoms with Gasteiger partial charge in [0, 0.05) is 37.8 Å². The molecular weight excluding hydrogens is 564 g/mol. The molecule has 0 saturated carbocycles. The molecule has 0 aliphatic heterocycles. The first kappa shape index (κ1) is 25.4. The smallest absolute Gasteiger partial charge is 0.318 e. The zero-order valence-electron chi connectivity index (χ0n) is 18.4. The minimum atomic E-state index is -4.72. The van der Waals surface area contributed by atoms with Crippen LogP contribution in [0.15, 0.2) is 47.6 Å². The van der Waals surface area contributed by atoms with Crippen LogP contribution in [-0.4, -0.2) is 21.6 Å². The predicted octanol–water partition coefficient (Wildman–Crippen LogP) is 5.63. The zero-order chi connectivity index (χ0) is 25.2. The molecule has 0 radical (unpaired) electrons. The number of halogens is 4. The van der Waals surface area contributed by atoms with Crippen molar-refractivity contribution in [3.63, 3.8) is 0 Å². The number of nitro benzene ring substituents is 1. The minimum absolute atomic E-state index is 0.141. The average Bonchev–Trinajstić information content (AvgIpc) is 3.02. The first-order valence-electron chi connectivity index (χ1n) is 10.0. The van der Waals surface area contributed by atoms with E-state index in [0.29, 0.717) is 12.1 Å². The number of carbonyl (C=O) groups excluding carboxylic acids is 1. The molecule has 0 spiro atoms. The third kappa shape index (κ3) is 5.64. The van der Waals surface area contributed by atoms with Crippen molar-refractivity contribution < 1.29 is 22.9 Å². The Hall–Kier alpha value is -3.22. The third-order valence-corrected chi connectivity index (χ3v) is 6.43. The molecule has 0 aliphatic rings. The Morgan fingerprint density at radius 3 is 2.50 bits per heavy atom. The van der Waals surface area contributed by atoms with Crippen LogP contribution in [0.25, 0.3) is 5.69 Å². The lowest BCUT2D eigenvalue weighted by molar-refractivity contribution is -0.385. The molecule has 0 saturated heterocycles. The highest BCUT2D eigenvalue weighted by Crippen LogP contribution is 2.33. The summed E-state index contributed by atoms with van der Waals surface area (Å²) in [5, 5.41) is 15.1. The van der Waals surface area contributed by atoms with Gasteiger partial charge in [0.15, 0.2) is 0 Å². The van der Waals surface area contributed by atoms with E-state index in [1.54, 1.807) is 0 Å². The average molecular weight is 584 g/mol. The Balaban J connectivity index is 1.75. The molecule has 34 heavy (non-hydrogen) atoms. The molecule has 0 atom stereocenters. The number of nitro groups is 1. The van der Waals surface area contributed by atoms with Gasteiger partial charge in [-0.2, -0.15) is 18.3 Å². The largest absolute Gasteiger partial charge is 0.416 e. The van der Waals surface area contributed by atoms with E-state index < -0.39 is 34.7 Å². The van der Waals surface area contributed by atoms with Gasteiger partial charge >= 0.3 is 6.18 Å². The number of nitrogens with one attached hydrogen (secondary N) is 1. The van der Waals surface area contributed by atoms with Crippen molar-refractivity contribution in [3.05, 3.63) is 89.8 Å². The van der Waals surface area contributed by atoms with E-state index in [2.05, 4.69) is 43.8 Å². The maximum absolute atomic E-state index is 12.8. The quantitative estimate of drug-likeness (QED) is 0.176. The van der Waals surface area contributed by atoms with Crippen molar-refractivity contribution in [2.24, 2.45) is 5.10 Å². The van der Waals surface area contributed by atoms with Crippen LogP contribution in [0.3, 0.4) is 0 Å². The van der Waals surface area contributed by atoms with Gasteiger partial charge < -0.3 is 4.57 Å². The van der Waals surface area contributed by atoms with Crippen LogP contribution in [0, 0.1) is 34.5 Å². The van der Waals surface area contributed by atoms with Crippen LogP contribution in [0.1, 0.15) is 33.6 Å². The second-order valence-electron chi connectivity index (χ2n) is 7.66. The lowest BCUT2D eigenvalue weighted by Crippen LogP contribution is -2.20. The molecule has 0 bridgehead atoms. The molecule has 7 nitrogen and oxygen atoms in total. The number of alkyl halides is 3. The van der Waals surface area contributed by atoms with E-state index in [0.717, 1.165) is 37.8 Å². The van der Waals surface area contributed by atoms with Crippen LogP contribution >= 0.6 is 22.6 Å². The van der Waals surface area contributed by atoms with E-state index in [1.165, 1.54) is 6.21 Å². The molecular formula is C23H20F3IN4O3. The number of carbonyl (C=O) groups is 1. The molecule has 0 fully saturated rings. The number of nitrogens with zero attached hydrogens (tertiary/aromatic N) is 3. The molecule has 11 heteroatoms. The highest BCUT2D eigenvalue weighted by Gasteiger charge is 2.33. The Morgan fingerprint density at radius 2 is 1.88 bits per heavy atom. The fraction of sp³-hybridized carbons (Fsp3) is 0.217. The number of benzene rings is 2. The number of aryl methyl sites for hydroxylation is 2. The summed E-state index contributed by atoms with van der Waals surface area (Å²) in [5.74, 6) is -0.693. The summed E-state index contributed by atoms with van der Waals surface area (Å²) in [7, 11) is 0. The summed E-state index contributed by atoms with van der Waals surface area (Å²) in [6.45, 7) is 5.88. The Morgan fingerprint density at radius 1 is 1.18 bits per heavy atom. The summed E-state index contributed by atoms with van der Waals surface area (Å²) in [6, 6.07) is 10.1. The second kappa shape index (κ2) is 9.95. The Kier molecular flexibility index (Phi) is 7.44. The molecule has 0 aliphatic carbocycles. The highest BCUT2D eigenvalue weighted by molar-refractivity contribution is 14.1. The maximum atomic E-state index is 12.8. The minimum Gasteiger partial charge on any atom is -0.318 e. The van der Waals surface area contributed by atoms with Crippen LogP contribution in [0.4, 0.5) is 18.9 Å². The molecule has 1 heterocycles. The van der Waals surface area contributed by atoms with Gasteiger partial charge in [-0.1, -0.05) is 6.07 Å². The monoisotopic (exact) mass is 584 g/mol. The summed E-state index contributed by atoms with van der Waals surface area (Å²) >= 11 is 2.27. The third-order valence-electron chi connectivity index (χ3n) is 5.22. The van der Waals surface area contributed by atoms with Gasteiger partial charge in [-0.05, 0) is 79.3 Å². The van der Waals surface area contributed by atoms with Crippen molar-refractivity contribution in [1.29, 1.82) is 0 Å². The zero-order valence-corrected chi connectivity index (χ0v) is 20.6. The first-order chi connectivity index (χ1) is 15.9. The molecule has 1 aromatic heterocycles. The lowest BCUT2D eigenvalue weighted by Gasteiger charge is -2.11. The normalized spacial score (nSPS) is 11.7. The Bertz CT molecular complexity index is 1300. The molecule has 1 N–H and O–H groups in total. The van der Waals surface area contributed by atoms with Gasteiger partial charge in [-0.3, -0.25) is 14.9 Å². The van der Waals surface area contributed by atoms with E-state index in [9.17, 15) is 28.1 Å². The van der Waals surface area contributed by atoms with E-state index in [-0.39, 0.29) is 5.56 Å². The fourth-order valence-electron chi connectivity index (χ4n) is 3.53. The van der Waals surface area contributed by atoms with E-state index in [4.69, 9.17) is 0 Å². The maximum Gasteiger partial charge on any atom is 0.416 e. The van der Waals surface area contributed by atoms with Crippen LogP contribution in [-0.2, 0) is 17.4 Å². The van der Waals surface area contributed by atoms with Gasteiger partial charge in [0.2, 0.25) is 5.91 Å². The van der Waals surface area contributed by atoms with Crippen molar-refractivity contribution in [2.45, 2.75) is 33.4 Å². The molecule has 3 rings (SSSR count). The van der Waals surface area contributed by atoms with Gasteiger partial charge in [0.1, 0.15) is 0 Å². The van der Waals surface area contributed by atoms with Crippen molar-refractivity contribution in [1.82, 2.24) is 9.99 Å². The summed E-state index contributed by atoms with van der Waals surface area (Å²) in [5.41, 5.74) is 4.97. The van der Waals surface area contributed by atoms with E-state index >= 15 is 0 Å². The van der Waals surface area contributed by atoms with Gasteiger partial charge in [0.25, 0.3) is 5.69 Å². The number of aromatic nitrogens is 1. The van der Waals surface area contributed by atoms with Crippen molar-refractivity contribution >= 4 is 40.4 Å². The number of rotatable bonds is 6.